The Morgan fingerprint density at radius 2 is 1.85 bits per heavy atom. The number of benzene rings is 1. The molecule has 0 unspecified atom stereocenters. The lowest BCUT2D eigenvalue weighted by atomic mass is 9.78. The minimum atomic E-state index is -0.533. The molecule has 0 amide bonds. The predicted molar refractivity (Wildman–Crippen MR) is 96.9 cm³/mol. The Kier molecular flexibility index (Phi) is 3.93. The van der Waals surface area contributed by atoms with E-state index in [1.54, 1.807) is 18.5 Å². The zero-order valence-corrected chi connectivity index (χ0v) is 14.6. The highest BCUT2D eigenvalue weighted by Crippen LogP contribution is 2.40. The fraction of sp³-hybridized carbons (Fsp3) is 0.421. The van der Waals surface area contributed by atoms with Gasteiger partial charge in [-0.25, -0.2) is 19.3 Å². The molecular formula is C19H20FN5O2. The van der Waals surface area contributed by atoms with Crippen LogP contribution in [0.25, 0.3) is 11.2 Å². The number of nitrogens with zero attached hydrogens (tertiary/aromatic N) is 4. The summed E-state index contributed by atoms with van der Waals surface area (Å²) >= 11 is 0. The quantitative estimate of drug-likeness (QED) is 0.736. The number of aromatic nitrogens is 4. The zero-order valence-electron chi connectivity index (χ0n) is 14.6. The van der Waals surface area contributed by atoms with Crippen molar-refractivity contribution in [2.75, 3.05) is 18.0 Å². The molecule has 1 aliphatic carbocycles. The van der Waals surface area contributed by atoms with Gasteiger partial charge in [-0.05, 0) is 48.9 Å². The SMILES string of the molecule is O[C@@H]1C[C@H]2CN(c3ncnc4nc[nH]c34)C[C@H]2C[C@H]1Oc1ccc(F)cc1. The molecule has 7 nitrogen and oxygen atoms in total. The van der Waals surface area contributed by atoms with E-state index in [1.807, 2.05) is 0 Å². The standard InChI is InChI=1S/C19H20FN5O2/c20-13-1-3-14(4-2-13)27-16-6-12-8-25(7-11(12)5-15(16)26)19-17-18(22-9-21-17)23-10-24-19/h1-4,9-12,15-16,26H,5-8H2,(H,21,22,23,24)/t11-,12+,15+,16+/m0/s1. The molecule has 2 fully saturated rings. The van der Waals surface area contributed by atoms with Crippen LogP contribution in [0.2, 0.25) is 0 Å². The van der Waals surface area contributed by atoms with Crippen molar-refractivity contribution in [1.29, 1.82) is 0 Å². The molecule has 0 bridgehead atoms. The second-order valence-electron chi connectivity index (χ2n) is 7.37. The number of anilines is 1. The average molecular weight is 369 g/mol. The number of hydrogen-bond acceptors (Lipinski definition) is 6. The molecule has 0 spiro atoms. The van der Waals surface area contributed by atoms with Gasteiger partial charge in [0.15, 0.2) is 11.5 Å². The van der Waals surface area contributed by atoms with Gasteiger partial charge < -0.3 is 19.7 Å². The molecule has 2 aliphatic rings. The van der Waals surface area contributed by atoms with E-state index in [4.69, 9.17) is 4.74 Å². The largest absolute Gasteiger partial charge is 0.488 e. The third-order valence-corrected chi connectivity index (χ3v) is 5.69. The normalized spacial score (nSPS) is 27.7. The Morgan fingerprint density at radius 1 is 1.07 bits per heavy atom. The Bertz CT molecular complexity index is 947. The third kappa shape index (κ3) is 2.99. The molecule has 1 aromatic carbocycles. The molecule has 3 aromatic rings. The highest BCUT2D eigenvalue weighted by atomic mass is 19.1. The fourth-order valence-electron chi connectivity index (χ4n) is 4.37. The molecule has 2 aromatic heterocycles. The van der Waals surface area contributed by atoms with Gasteiger partial charge in [-0.2, -0.15) is 0 Å². The maximum Gasteiger partial charge on any atom is 0.182 e. The number of ether oxygens (including phenoxy) is 1. The van der Waals surface area contributed by atoms with Crippen molar-refractivity contribution in [3.8, 4) is 5.75 Å². The van der Waals surface area contributed by atoms with Crippen molar-refractivity contribution in [2.45, 2.75) is 25.0 Å². The van der Waals surface area contributed by atoms with Crippen molar-refractivity contribution in [3.63, 3.8) is 0 Å². The molecule has 1 aliphatic heterocycles. The van der Waals surface area contributed by atoms with Crippen molar-refractivity contribution in [3.05, 3.63) is 42.7 Å². The molecular weight excluding hydrogens is 349 g/mol. The number of fused-ring (bicyclic) bond motifs is 2. The Morgan fingerprint density at radius 3 is 2.67 bits per heavy atom. The summed E-state index contributed by atoms with van der Waals surface area (Å²) in [5.41, 5.74) is 1.50. The van der Waals surface area contributed by atoms with E-state index in [0.717, 1.165) is 30.8 Å². The fourth-order valence-corrected chi connectivity index (χ4v) is 4.37. The molecule has 27 heavy (non-hydrogen) atoms. The number of rotatable bonds is 3. The third-order valence-electron chi connectivity index (χ3n) is 5.69. The zero-order chi connectivity index (χ0) is 18.4. The van der Waals surface area contributed by atoms with Gasteiger partial charge in [0.05, 0.1) is 12.4 Å². The molecule has 3 heterocycles. The van der Waals surface area contributed by atoms with Crippen LogP contribution in [0.3, 0.4) is 0 Å². The summed E-state index contributed by atoms with van der Waals surface area (Å²) in [6, 6.07) is 5.95. The van der Waals surface area contributed by atoms with Crippen LogP contribution in [0.1, 0.15) is 12.8 Å². The summed E-state index contributed by atoms with van der Waals surface area (Å²) in [5.74, 6) is 1.95. The minimum absolute atomic E-state index is 0.283. The molecule has 5 rings (SSSR count). The van der Waals surface area contributed by atoms with Gasteiger partial charge in [0.2, 0.25) is 0 Å². The van der Waals surface area contributed by atoms with Crippen LogP contribution in [0, 0.1) is 17.7 Å². The molecule has 1 saturated carbocycles. The van der Waals surface area contributed by atoms with Gasteiger partial charge in [0.25, 0.3) is 0 Å². The van der Waals surface area contributed by atoms with Crippen molar-refractivity contribution < 1.29 is 14.2 Å². The van der Waals surface area contributed by atoms with E-state index in [2.05, 4.69) is 24.8 Å². The van der Waals surface area contributed by atoms with E-state index in [1.165, 1.54) is 18.5 Å². The molecule has 1 saturated heterocycles. The minimum Gasteiger partial charge on any atom is -0.488 e. The van der Waals surface area contributed by atoms with E-state index < -0.39 is 6.10 Å². The number of hydrogen-bond donors (Lipinski definition) is 2. The van der Waals surface area contributed by atoms with Gasteiger partial charge >= 0.3 is 0 Å². The molecule has 4 atom stereocenters. The maximum absolute atomic E-state index is 13.1. The maximum atomic E-state index is 13.1. The summed E-state index contributed by atoms with van der Waals surface area (Å²) in [7, 11) is 0. The molecule has 140 valence electrons. The van der Waals surface area contributed by atoms with Gasteiger partial charge in [-0.1, -0.05) is 0 Å². The Hall–Kier alpha value is -2.74. The summed E-state index contributed by atoms with van der Waals surface area (Å²) < 4.78 is 19.0. The lowest BCUT2D eigenvalue weighted by Gasteiger charge is -2.35. The topological polar surface area (TPSA) is 87.2 Å². The van der Waals surface area contributed by atoms with Gasteiger partial charge in [0, 0.05) is 13.1 Å². The number of halogens is 1. The van der Waals surface area contributed by atoms with Gasteiger partial charge in [-0.3, -0.25) is 0 Å². The van der Waals surface area contributed by atoms with Crippen LogP contribution in [0.4, 0.5) is 10.2 Å². The first-order valence-electron chi connectivity index (χ1n) is 9.16. The van der Waals surface area contributed by atoms with E-state index in [9.17, 15) is 9.50 Å². The van der Waals surface area contributed by atoms with Crippen molar-refractivity contribution in [1.82, 2.24) is 19.9 Å². The number of imidazole rings is 1. The lowest BCUT2D eigenvalue weighted by Crippen LogP contribution is -2.42. The second kappa shape index (κ2) is 6.45. The number of aliphatic hydroxyl groups is 1. The monoisotopic (exact) mass is 369 g/mol. The van der Waals surface area contributed by atoms with Crippen LogP contribution in [-0.4, -0.2) is 50.3 Å². The van der Waals surface area contributed by atoms with Crippen LogP contribution >= 0.6 is 0 Å². The average Bonchev–Trinajstić information content (AvgIpc) is 3.30. The first-order chi connectivity index (χ1) is 13.2. The highest BCUT2D eigenvalue weighted by Gasteiger charge is 2.43. The van der Waals surface area contributed by atoms with E-state index >= 15 is 0 Å². The van der Waals surface area contributed by atoms with E-state index in [-0.39, 0.29) is 11.9 Å². The second-order valence-corrected chi connectivity index (χ2v) is 7.37. The number of H-pyrrole nitrogens is 1. The lowest BCUT2D eigenvalue weighted by molar-refractivity contribution is -0.0231. The Labute approximate surface area is 155 Å². The summed E-state index contributed by atoms with van der Waals surface area (Å²) in [5, 5.41) is 10.6. The predicted octanol–water partition coefficient (Wildman–Crippen LogP) is 2.15. The molecule has 8 heteroatoms. The molecule has 2 N–H and O–H groups in total. The van der Waals surface area contributed by atoms with Crippen molar-refractivity contribution >= 4 is 17.0 Å². The van der Waals surface area contributed by atoms with Crippen LogP contribution < -0.4 is 9.64 Å². The summed E-state index contributed by atoms with van der Waals surface area (Å²) in [4.78, 5) is 18.2. The van der Waals surface area contributed by atoms with Crippen LogP contribution in [-0.2, 0) is 0 Å². The van der Waals surface area contributed by atoms with Gasteiger partial charge in [0.1, 0.15) is 29.5 Å². The number of aliphatic hydroxyl groups excluding tert-OH is 1. The summed E-state index contributed by atoms with van der Waals surface area (Å²) in [6.45, 7) is 1.70. The summed E-state index contributed by atoms with van der Waals surface area (Å²) in [6.07, 6.45) is 3.79. The first kappa shape index (κ1) is 16.4. The first-order valence-corrected chi connectivity index (χ1v) is 9.16. The Balaban J connectivity index is 1.32. The van der Waals surface area contributed by atoms with E-state index in [0.29, 0.717) is 29.7 Å². The highest BCUT2D eigenvalue weighted by molar-refractivity contribution is 5.82. The number of nitrogens with one attached hydrogen (secondary N) is 1. The molecule has 0 radical (unpaired) electrons. The van der Waals surface area contributed by atoms with Gasteiger partial charge in [-0.15, -0.1) is 0 Å². The van der Waals surface area contributed by atoms with Crippen molar-refractivity contribution in [2.24, 2.45) is 11.8 Å². The van der Waals surface area contributed by atoms with Crippen LogP contribution in [0.5, 0.6) is 5.75 Å². The number of aromatic amines is 1. The van der Waals surface area contributed by atoms with Crippen LogP contribution in [0.15, 0.2) is 36.9 Å². The smallest absolute Gasteiger partial charge is 0.182 e.